The number of hydrogen-bond acceptors (Lipinski definition) is 5. The monoisotopic (exact) mass is 379 g/mol. The number of unbranched alkanes of at least 4 members (excludes halogenated alkanes) is 1. The van der Waals surface area contributed by atoms with Crippen molar-refractivity contribution in [1.29, 1.82) is 0 Å². The first-order chi connectivity index (χ1) is 12.3. The molecule has 1 aromatic heterocycles. The number of piperidine rings is 1. The zero-order valence-corrected chi connectivity index (χ0v) is 15.8. The smallest absolute Gasteiger partial charge is 0.277 e. The van der Waals surface area contributed by atoms with E-state index in [1.54, 1.807) is 10.9 Å². The number of para-hydroxylation sites is 2. The number of rotatable bonds is 7. The number of carbonyl (C=O) groups is 1. The summed E-state index contributed by atoms with van der Waals surface area (Å²) in [4.78, 5) is 12.5. The zero-order valence-electron chi connectivity index (χ0n) is 15.0. The Morgan fingerprint density at radius 2 is 2.12 bits per heavy atom. The predicted octanol–water partition coefficient (Wildman–Crippen LogP) is 3.06. The highest BCUT2D eigenvalue weighted by molar-refractivity contribution is 6.03. The van der Waals surface area contributed by atoms with Gasteiger partial charge >= 0.3 is 0 Å². The molecule has 142 valence electrons. The molecule has 2 heterocycles. The lowest BCUT2D eigenvalue weighted by molar-refractivity contribution is 0.102. The third-order valence-corrected chi connectivity index (χ3v) is 4.32. The highest BCUT2D eigenvalue weighted by Crippen LogP contribution is 2.24. The van der Waals surface area contributed by atoms with Crippen LogP contribution in [0.15, 0.2) is 30.5 Å². The summed E-state index contributed by atoms with van der Waals surface area (Å²) in [6, 6.07) is 7.76. The molecule has 1 saturated heterocycles. The van der Waals surface area contributed by atoms with Crippen LogP contribution in [-0.2, 0) is 0 Å². The normalized spacial score (nSPS) is 14.5. The van der Waals surface area contributed by atoms with Gasteiger partial charge in [-0.3, -0.25) is 4.79 Å². The number of carbonyl (C=O) groups excluding carboxylic acids is 1. The number of halogens is 1. The van der Waals surface area contributed by atoms with Crippen LogP contribution in [0.1, 0.15) is 49.1 Å². The highest BCUT2D eigenvalue weighted by atomic mass is 35.5. The van der Waals surface area contributed by atoms with Gasteiger partial charge in [-0.1, -0.05) is 30.7 Å². The lowest BCUT2D eigenvalue weighted by Gasteiger charge is -2.22. The number of anilines is 1. The molecule has 7 nitrogen and oxygen atoms in total. The van der Waals surface area contributed by atoms with Crippen LogP contribution >= 0.6 is 12.4 Å². The lowest BCUT2D eigenvalue weighted by atomic mass is 10.1. The Morgan fingerprint density at radius 1 is 1.35 bits per heavy atom. The molecule has 8 heteroatoms. The molecule has 0 aliphatic carbocycles. The number of benzene rings is 1. The Kier molecular flexibility index (Phi) is 7.87. The summed E-state index contributed by atoms with van der Waals surface area (Å²) in [5, 5.41) is 14.4. The van der Waals surface area contributed by atoms with E-state index in [0.29, 0.717) is 29.8 Å². The quantitative estimate of drug-likeness (QED) is 0.722. The fourth-order valence-electron chi connectivity index (χ4n) is 2.84. The predicted molar refractivity (Wildman–Crippen MR) is 103 cm³/mol. The van der Waals surface area contributed by atoms with Crippen molar-refractivity contribution >= 4 is 24.0 Å². The number of nitrogens with one attached hydrogen (secondary N) is 2. The third kappa shape index (κ3) is 5.19. The fraction of sp³-hybridized carbons (Fsp3) is 0.500. The molecule has 0 radical (unpaired) electrons. The molecule has 1 amide bonds. The number of amides is 1. The second kappa shape index (κ2) is 10.1. The summed E-state index contributed by atoms with van der Waals surface area (Å²) in [7, 11) is 0. The Morgan fingerprint density at radius 3 is 2.88 bits per heavy atom. The van der Waals surface area contributed by atoms with E-state index in [1.165, 1.54) is 0 Å². The van der Waals surface area contributed by atoms with Gasteiger partial charge in [0.25, 0.3) is 5.91 Å². The molecule has 0 unspecified atom stereocenters. The topological polar surface area (TPSA) is 81.1 Å². The largest absolute Gasteiger partial charge is 0.491 e. The van der Waals surface area contributed by atoms with Crippen LogP contribution in [0.5, 0.6) is 5.75 Å². The van der Waals surface area contributed by atoms with Crippen molar-refractivity contribution in [3.63, 3.8) is 0 Å². The molecule has 3 rings (SSSR count). The maximum absolute atomic E-state index is 12.5. The maximum Gasteiger partial charge on any atom is 0.277 e. The van der Waals surface area contributed by atoms with Crippen molar-refractivity contribution in [1.82, 2.24) is 20.3 Å². The molecule has 1 aromatic carbocycles. The van der Waals surface area contributed by atoms with Crippen LogP contribution in [0.4, 0.5) is 5.69 Å². The van der Waals surface area contributed by atoms with E-state index in [4.69, 9.17) is 4.74 Å². The standard InChI is InChI=1S/C18H25N5O2.ClH/c1-2-3-12-25-17-7-5-4-6-15(17)20-18(24)16-13-23(22-21-16)14-8-10-19-11-9-14;/h4-7,13-14,19H,2-3,8-12H2,1H3,(H,20,24);1H. The van der Waals surface area contributed by atoms with Crippen molar-refractivity contribution in [2.45, 2.75) is 38.6 Å². The summed E-state index contributed by atoms with van der Waals surface area (Å²) in [6.07, 6.45) is 5.77. The van der Waals surface area contributed by atoms with Gasteiger partial charge in [0.05, 0.1) is 24.5 Å². The SMILES string of the molecule is CCCCOc1ccccc1NC(=O)c1cn(C2CCNCC2)nn1.Cl. The molecule has 1 aliphatic heterocycles. The van der Waals surface area contributed by atoms with Crippen LogP contribution in [0.2, 0.25) is 0 Å². The Balaban J connectivity index is 0.00000243. The zero-order chi connectivity index (χ0) is 17.5. The van der Waals surface area contributed by atoms with E-state index in [0.717, 1.165) is 38.8 Å². The molecular weight excluding hydrogens is 354 g/mol. The Hall–Kier alpha value is -2.12. The van der Waals surface area contributed by atoms with E-state index in [1.807, 2.05) is 24.3 Å². The number of aromatic nitrogens is 3. The maximum atomic E-state index is 12.5. The van der Waals surface area contributed by atoms with Crippen LogP contribution < -0.4 is 15.4 Å². The van der Waals surface area contributed by atoms with Crippen molar-refractivity contribution in [2.24, 2.45) is 0 Å². The molecule has 1 aliphatic rings. The summed E-state index contributed by atoms with van der Waals surface area (Å²) >= 11 is 0. The van der Waals surface area contributed by atoms with E-state index < -0.39 is 0 Å². The van der Waals surface area contributed by atoms with Gasteiger partial charge in [0.15, 0.2) is 5.69 Å². The second-order valence-electron chi connectivity index (χ2n) is 6.22. The number of hydrogen-bond donors (Lipinski definition) is 2. The highest BCUT2D eigenvalue weighted by Gasteiger charge is 2.19. The van der Waals surface area contributed by atoms with E-state index in [9.17, 15) is 4.79 Å². The van der Waals surface area contributed by atoms with Crippen LogP contribution in [0, 0.1) is 0 Å². The molecule has 1 fully saturated rings. The minimum atomic E-state index is -0.272. The van der Waals surface area contributed by atoms with Gasteiger partial charge < -0.3 is 15.4 Å². The average Bonchev–Trinajstić information content (AvgIpc) is 3.14. The van der Waals surface area contributed by atoms with Crippen LogP contribution in [-0.4, -0.2) is 40.6 Å². The third-order valence-electron chi connectivity index (χ3n) is 4.32. The first kappa shape index (κ1) is 20.2. The van der Waals surface area contributed by atoms with Gasteiger partial charge in [-0.25, -0.2) is 4.68 Å². The molecule has 0 atom stereocenters. The molecule has 0 spiro atoms. The number of nitrogens with zero attached hydrogens (tertiary/aromatic N) is 3. The second-order valence-corrected chi connectivity index (χ2v) is 6.22. The minimum absolute atomic E-state index is 0. The summed E-state index contributed by atoms with van der Waals surface area (Å²) in [5.74, 6) is 0.404. The summed E-state index contributed by atoms with van der Waals surface area (Å²) in [6.45, 7) is 4.68. The number of ether oxygens (including phenoxy) is 1. The van der Waals surface area contributed by atoms with Crippen LogP contribution in [0.25, 0.3) is 0 Å². The van der Waals surface area contributed by atoms with Crippen LogP contribution in [0.3, 0.4) is 0 Å². The van der Waals surface area contributed by atoms with Crippen molar-refractivity contribution in [2.75, 3.05) is 25.0 Å². The molecule has 0 saturated carbocycles. The van der Waals surface area contributed by atoms with E-state index in [2.05, 4.69) is 27.9 Å². The van der Waals surface area contributed by atoms with Crippen molar-refractivity contribution < 1.29 is 9.53 Å². The van der Waals surface area contributed by atoms with Gasteiger partial charge in [-0.05, 0) is 44.5 Å². The van der Waals surface area contributed by atoms with Gasteiger partial charge in [0.1, 0.15) is 5.75 Å². The van der Waals surface area contributed by atoms with Crippen molar-refractivity contribution in [3.8, 4) is 5.75 Å². The molecule has 2 aromatic rings. The van der Waals surface area contributed by atoms with Gasteiger partial charge in [0.2, 0.25) is 0 Å². The van der Waals surface area contributed by atoms with Gasteiger partial charge in [0, 0.05) is 0 Å². The van der Waals surface area contributed by atoms with E-state index in [-0.39, 0.29) is 18.3 Å². The van der Waals surface area contributed by atoms with Gasteiger partial charge in [-0.2, -0.15) is 0 Å². The van der Waals surface area contributed by atoms with Crippen molar-refractivity contribution in [3.05, 3.63) is 36.2 Å². The lowest BCUT2D eigenvalue weighted by Crippen LogP contribution is -2.29. The summed E-state index contributed by atoms with van der Waals surface area (Å²) in [5.41, 5.74) is 0.974. The first-order valence-corrected chi connectivity index (χ1v) is 8.93. The van der Waals surface area contributed by atoms with Gasteiger partial charge in [-0.15, -0.1) is 17.5 Å². The molecule has 2 N–H and O–H groups in total. The Labute approximate surface area is 159 Å². The molecular formula is C18H26ClN5O2. The van der Waals surface area contributed by atoms with E-state index >= 15 is 0 Å². The minimum Gasteiger partial charge on any atom is -0.491 e. The molecule has 0 bridgehead atoms. The first-order valence-electron chi connectivity index (χ1n) is 8.93. The fourth-order valence-corrected chi connectivity index (χ4v) is 2.84. The summed E-state index contributed by atoms with van der Waals surface area (Å²) < 4.78 is 7.56. The Bertz CT molecular complexity index is 700. The average molecular weight is 380 g/mol. The molecule has 26 heavy (non-hydrogen) atoms.